The second-order valence-corrected chi connectivity index (χ2v) is 16.5. The lowest BCUT2D eigenvalue weighted by Gasteiger charge is -2.15. The molecule has 6 aromatic carbocycles. The van der Waals surface area contributed by atoms with E-state index in [4.69, 9.17) is 24.5 Å². The van der Waals surface area contributed by atoms with E-state index in [1.165, 1.54) is 55.2 Å². The quantitative estimate of drug-likeness (QED) is 0.0272. The first-order valence-corrected chi connectivity index (χ1v) is 21.5. The van der Waals surface area contributed by atoms with E-state index in [0.29, 0.717) is 32.4 Å². The average Bonchev–Trinajstić information content (AvgIpc) is 3.28. The van der Waals surface area contributed by atoms with Gasteiger partial charge in [-0.1, -0.05) is 6.07 Å². The number of nitro benzene ring substituents is 2. The third kappa shape index (κ3) is 13.0. The maximum absolute atomic E-state index is 11.9. The number of nitrogens with two attached hydrogens (primary N) is 1. The molecule has 0 saturated carbocycles. The van der Waals surface area contributed by atoms with Gasteiger partial charge in [0.25, 0.3) is 11.4 Å². The van der Waals surface area contributed by atoms with Gasteiger partial charge in [0.05, 0.1) is 53.7 Å². The number of esters is 1. The lowest BCUT2D eigenvalue weighted by Crippen LogP contribution is -2.03. The second kappa shape index (κ2) is 23.5. The Morgan fingerprint density at radius 3 is 1.79 bits per heavy atom. The molecule has 0 unspecified atom stereocenters. The first-order valence-electron chi connectivity index (χ1n) is 19.9. The molecule has 1 aromatic heterocycles. The van der Waals surface area contributed by atoms with E-state index in [1.807, 2.05) is 64.1 Å². The van der Waals surface area contributed by atoms with E-state index < -0.39 is 15.8 Å². The summed E-state index contributed by atoms with van der Waals surface area (Å²) in [6, 6.07) is 25.9. The van der Waals surface area contributed by atoms with Crippen molar-refractivity contribution >= 4 is 76.6 Å². The largest absolute Gasteiger partial charge is 0.496 e. The zero-order chi connectivity index (χ0) is 49.0. The van der Waals surface area contributed by atoms with E-state index in [0.717, 1.165) is 54.9 Å². The van der Waals surface area contributed by atoms with Crippen molar-refractivity contribution in [3.63, 3.8) is 0 Å². The van der Waals surface area contributed by atoms with Crippen molar-refractivity contribution in [3.05, 3.63) is 175 Å². The van der Waals surface area contributed by atoms with Crippen LogP contribution in [0.2, 0.25) is 0 Å². The lowest BCUT2D eigenvalue weighted by molar-refractivity contribution is -0.385. The second-order valence-electron chi connectivity index (χ2n) is 14.8. The highest BCUT2D eigenvalue weighted by atomic mass is 79.9. The van der Waals surface area contributed by atoms with E-state index in [9.17, 15) is 29.8 Å². The molecule has 15 nitrogen and oxygen atoms in total. The first kappa shape index (κ1) is 52.0. The predicted octanol–water partition coefficient (Wildman–Crippen LogP) is 12.3. The van der Waals surface area contributed by atoms with Crippen LogP contribution in [-0.4, -0.2) is 44.3 Å². The van der Waals surface area contributed by atoms with Crippen LogP contribution in [0.15, 0.2) is 109 Å². The highest BCUT2D eigenvalue weighted by molar-refractivity contribution is 9.10. The minimum Gasteiger partial charge on any atom is -0.496 e. The summed E-state index contributed by atoms with van der Waals surface area (Å²) in [4.78, 5) is 53.1. The Kier molecular flexibility index (Phi) is 18.5. The van der Waals surface area contributed by atoms with Crippen LogP contribution in [0.1, 0.15) is 49.3 Å². The fourth-order valence-electron chi connectivity index (χ4n) is 6.38. The number of carbonyl (C=O) groups excluding carboxylic acids is 1. The monoisotopic (exact) mass is 1030 g/mol. The molecule has 66 heavy (non-hydrogen) atoms. The standard InChI is InChI=1S/C17H19NO5.C15H13NO2.C9H11BrO.C8H6BrNO4/c1-11-7-16(17(21-3)8-12(11)2)15-6-5-14(18(19)20)9-13(15)10-23-22-4;1-8-5-12-11-4-3-10(16)7-13(11)15(17)18-14(12)6-9(8)2;1-6-4-8(10)9(11-3)5-7(6)2;1-14-8(11)6-4-5(10(12)13)2-3-7(6)9/h5-9H,10H2,1-4H3;3-7H,16H2,1-2H3;4-5H,1-3H3;2-4H,1H3. The summed E-state index contributed by atoms with van der Waals surface area (Å²) in [5, 5.41) is 23.8. The highest BCUT2D eigenvalue weighted by Gasteiger charge is 2.18. The summed E-state index contributed by atoms with van der Waals surface area (Å²) >= 11 is 6.51. The normalized spacial score (nSPS) is 10.4. The molecule has 0 saturated heterocycles. The molecule has 0 aliphatic rings. The smallest absolute Gasteiger partial charge is 0.344 e. The number of hydrogen-bond acceptors (Lipinski definition) is 13. The van der Waals surface area contributed by atoms with E-state index >= 15 is 0 Å². The summed E-state index contributed by atoms with van der Waals surface area (Å²) in [7, 11) is 5.89. The van der Waals surface area contributed by atoms with Gasteiger partial charge in [-0.05, 0) is 179 Å². The third-order valence-electron chi connectivity index (χ3n) is 10.4. The van der Waals surface area contributed by atoms with Crippen LogP contribution in [-0.2, 0) is 21.1 Å². The predicted molar refractivity (Wildman–Crippen MR) is 263 cm³/mol. The SMILES string of the molecule is COC(=O)c1cc([N+](=O)[O-])ccc1Br.COOCc1cc([N+](=O)[O-])ccc1-c1cc(C)c(C)cc1OC.COc1cc(C)c(C)cc1Br.Cc1cc2oc(=O)c3cc(N)ccc3c2cc1C. The Labute approximate surface area is 397 Å². The van der Waals surface area contributed by atoms with E-state index in [2.05, 4.69) is 61.4 Å². The molecule has 7 aromatic rings. The van der Waals surface area contributed by atoms with Gasteiger partial charge in [0.2, 0.25) is 0 Å². The van der Waals surface area contributed by atoms with Gasteiger partial charge in [-0.2, -0.15) is 0 Å². The van der Waals surface area contributed by atoms with Crippen molar-refractivity contribution in [1.82, 2.24) is 0 Å². The minimum absolute atomic E-state index is 0.00579. The van der Waals surface area contributed by atoms with Crippen molar-refractivity contribution in [1.29, 1.82) is 0 Å². The zero-order valence-electron chi connectivity index (χ0n) is 38.0. The number of ether oxygens (including phenoxy) is 3. The minimum atomic E-state index is -0.611. The summed E-state index contributed by atoms with van der Waals surface area (Å²) in [6.07, 6.45) is 0. The number of nitrogens with zero attached hydrogens (tertiary/aromatic N) is 2. The third-order valence-corrected chi connectivity index (χ3v) is 11.7. The average molecular weight is 1030 g/mol. The van der Waals surface area contributed by atoms with E-state index in [1.54, 1.807) is 32.4 Å². The number of halogens is 2. The summed E-state index contributed by atoms with van der Waals surface area (Å²) in [6.45, 7) is 12.3. The number of non-ortho nitro benzene ring substituents is 2. The number of carbonyl (C=O) groups is 1. The molecular weight excluding hydrogens is 982 g/mol. The van der Waals surface area contributed by atoms with Crippen LogP contribution in [0.3, 0.4) is 0 Å². The topological polar surface area (TPSA) is 206 Å². The number of benzene rings is 6. The molecule has 0 fully saturated rings. The molecular formula is C49H49Br2N3O12. The molecule has 0 aliphatic heterocycles. The van der Waals surface area contributed by atoms with Crippen molar-refractivity contribution in [2.75, 3.05) is 34.2 Å². The number of nitro groups is 2. The highest BCUT2D eigenvalue weighted by Crippen LogP contribution is 2.37. The number of methoxy groups -OCH3 is 3. The molecule has 0 amide bonds. The number of rotatable bonds is 9. The van der Waals surface area contributed by atoms with Crippen LogP contribution in [0, 0.1) is 61.8 Å². The Bertz CT molecular complexity index is 2990. The maximum atomic E-state index is 11.9. The van der Waals surface area contributed by atoms with Gasteiger partial charge in [0, 0.05) is 50.8 Å². The summed E-state index contributed by atoms with van der Waals surface area (Å²) in [5.74, 6) is 0.995. The summed E-state index contributed by atoms with van der Waals surface area (Å²) in [5.41, 5.74) is 15.9. The molecule has 2 N–H and O–H groups in total. The molecule has 17 heteroatoms. The van der Waals surface area contributed by atoms with Crippen molar-refractivity contribution < 1.29 is 43.0 Å². The fourth-order valence-corrected chi connectivity index (χ4v) is 7.40. The molecule has 0 aliphatic carbocycles. The fraction of sp³-hybridized carbons (Fsp3) is 0.224. The van der Waals surface area contributed by atoms with Crippen molar-refractivity contribution in [2.45, 2.75) is 48.1 Å². The van der Waals surface area contributed by atoms with Gasteiger partial charge in [0.15, 0.2) is 0 Å². The number of nitrogen functional groups attached to an aromatic ring is 1. The zero-order valence-corrected chi connectivity index (χ0v) is 41.2. The van der Waals surface area contributed by atoms with Gasteiger partial charge >= 0.3 is 11.6 Å². The van der Waals surface area contributed by atoms with Gasteiger partial charge in [-0.25, -0.2) is 19.4 Å². The summed E-state index contributed by atoms with van der Waals surface area (Å²) < 4.78 is 21.9. The Morgan fingerprint density at radius 2 is 1.18 bits per heavy atom. The van der Waals surface area contributed by atoms with Gasteiger partial charge in [-0.15, -0.1) is 0 Å². The molecule has 0 radical (unpaired) electrons. The van der Waals surface area contributed by atoms with Gasteiger partial charge < -0.3 is 24.4 Å². The number of aryl methyl sites for hydroxylation is 6. The lowest BCUT2D eigenvalue weighted by atomic mass is 9.95. The molecule has 346 valence electrons. The first-order chi connectivity index (χ1) is 31.2. The Balaban J connectivity index is 0.000000199. The number of anilines is 1. The maximum Gasteiger partial charge on any atom is 0.344 e. The van der Waals surface area contributed by atoms with Crippen LogP contribution >= 0.6 is 31.9 Å². The van der Waals surface area contributed by atoms with Crippen molar-refractivity contribution in [2.24, 2.45) is 0 Å². The van der Waals surface area contributed by atoms with Crippen LogP contribution in [0.5, 0.6) is 11.5 Å². The molecule has 0 atom stereocenters. The molecule has 1 heterocycles. The molecule has 7 rings (SSSR count). The van der Waals surface area contributed by atoms with Crippen molar-refractivity contribution in [3.8, 4) is 22.6 Å². The molecule has 0 spiro atoms. The Hall–Kier alpha value is -6.66. The van der Waals surface area contributed by atoms with Gasteiger partial charge in [-0.3, -0.25) is 20.2 Å². The van der Waals surface area contributed by atoms with Crippen LogP contribution in [0.25, 0.3) is 32.9 Å². The Morgan fingerprint density at radius 1 is 0.621 bits per heavy atom. The van der Waals surface area contributed by atoms with Crippen LogP contribution in [0.4, 0.5) is 17.1 Å². The molecule has 0 bridgehead atoms. The number of hydrogen-bond donors (Lipinski definition) is 1. The number of fused-ring (bicyclic) bond motifs is 3. The van der Waals surface area contributed by atoms with Gasteiger partial charge in [0.1, 0.15) is 23.7 Å². The van der Waals surface area contributed by atoms with E-state index in [-0.39, 0.29) is 29.2 Å². The van der Waals surface area contributed by atoms with Crippen LogP contribution < -0.4 is 20.8 Å².